The summed E-state index contributed by atoms with van der Waals surface area (Å²) in [5.41, 5.74) is 2.91. The van der Waals surface area contributed by atoms with E-state index in [9.17, 15) is 5.11 Å². The minimum atomic E-state index is -0.391. The van der Waals surface area contributed by atoms with Crippen LogP contribution in [0.25, 0.3) is 11.3 Å². The lowest BCUT2D eigenvalue weighted by molar-refractivity contribution is 0.0827. The molecule has 0 saturated heterocycles. The van der Waals surface area contributed by atoms with E-state index in [0.717, 1.165) is 22.6 Å². The van der Waals surface area contributed by atoms with Crippen LogP contribution < -0.4 is 4.74 Å². The Morgan fingerprint density at radius 3 is 2.37 bits per heavy atom. The second kappa shape index (κ2) is 10.9. The average molecular weight is 410 g/mol. The van der Waals surface area contributed by atoms with Gasteiger partial charge in [-0.3, -0.25) is 4.90 Å². The van der Waals surface area contributed by atoms with Crippen molar-refractivity contribution in [2.24, 2.45) is 7.05 Å². The molecule has 30 heavy (non-hydrogen) atoms. The van der Waals surface area contributed by atoms with Gasteiger partial charge in [-0.2, -0.15) is 5.10 Å². The Morgan fingerprint density at radius 1 is 1.07 bits per heavy atom. The largest absolute Gasteiger partial charge is 0.439 e. The molecule has 0 amide bonds. The molecule has 1 aromatic heterocycles. The number of aromatic nitrogens is 2. The number of nitrogens with zero attached hydrogens (tertiary/aromatic N) is 3. The predicted octanol–water partition coefficient (Wildman–Crippen LogP) is 4.10. The monoisotopic (exact) mass is 409 g/mol. The molecule has 1 unspecified atom stereocenters. The maximum atomic E-state index is 10.3. The van der Waals surface area contributed by atoms with Crippen molar-refractivity contribution in [3.8, 4) is 22.9 Å². The van der Waals surface area contributed by atoms with E-state index < -0.39 is 6.10 Å². The van der Waals surface area contributed by atoms with Crippen molar-refractivity contribution in [2.45, 2.75) is 26.0 Å². The molecular weight excluding hydrogens is 378 g/mol. The summed E-state index contributed by atoms with van der Waals surface area (Å²) in [6.07, 6.45) is 0.312. The van der Waals surface area contributed by atoms with Crippen molar-refractivity contribution in [1.82, 2.24) is 14.7 Å². The molecule has 3 aromatic rings. The number of hydrogen-bond acceptors (Lipinski definition) is 5. The standard InChI is InChI=1S/C24H31N3O3/c1-4-20(28)17-27(15-16-29-3)18-22-23(19-11-7-5-8-12-19)25-26(2)24(22)30-21-13-9-6-10-14-21/h5-14,20,28H,4,15-18H2,1-3H3. The Balaban J connectivity index is 1.99. The first kappa shape index (κ1) is 22.0. The molecule has 0 saturated carbocycles. The van der Waals surface area contributed by atoms with E-state index in [1.165, 1.54) is 0 Å². The van der Waals surface area contributed by atoms with Crippen LogP contribution in [-0.4, -0.2) is 52.7 Å². The van der Waals surface area contributed by atoms with Crippen molar-refractivity contribution >= 4 is 0 Å². The van der Waals surface area contributed by atoms with Crippen LogP contribution in [0.3, 0.4) is 0 Å². The van der Waals surface area contributed by atoms with Crippen molar-refractivity contribution < 1.29 is 14.6 Å². The van der Waals surface area contributed by atoms with Gasteiger partial charge in [0.15, 0.2) is 0 Å². The fourth-order valence-electron chi connectivity index (χ4n) is 3.36. The Kier molecular flexibility index (Phi) is 8.02. The summed E-state index contributed by atoms with van der Waals surface area (Å²) in [5.74, 6) is 1.46. The first-order chi connectivity index (χ1) is 14.6. The molecule has 0 aliphatic heterocycles. The van der Waals surface area contributed by atoms with Gasteiger partial charge in [-0.15, -0.1) is 0 Å². The number of rotatable bonds is 11. The summed E-state index contributed by atoms with van der Waals surface area (Å²) in [6.45, 7) is 4.45. The average Bonchev–Trinajstić information content (AvgIpc) is 3.08. The summed E-state index contributed by atoms with van der Waals surface area (Å²) in [6, 6.07) is 19.9. The van der Waals surface area contributed by atoms with Gasteiger partial charge in [-0.1, -0.05) is 55.5 Å². The van der Waals surface area contributed by atoms with Crippen molar-refractivity contribution in [3.05, 3.63) is 66.2 Å². The fraction of sp³-hybridized carbons (Fsp3) is 0.375. The summed E-state index contributed by atoms with van der Waals surface area (Å²) >= 11 is 0. The summed E-state index contributed by atoms with van der Waals surface area (Å²) in [4.78, 5) is 2.19. The molecule has 0 fully saturated rings. The summed E-state index contributed by atoms with van der Waals surface area (Å²) in [5, 5.41) is 15.0. The second-order valence-electron chi connectivity index (χ2n) is 7.33. The molecule has 0 spiro atoms. The third-order valence-corrected chi connectivity index (χ3v) is 5.03. The normalized spacial score (nSPS) is 12.3. The quantitative estimate of drug-likeness (QED) is 0.517. The first-order valence-electron chi connectivity index (χ1n) is 10.4. The molecule has 160 valence electrons. The molecular formula is C24H31N3O3. The van der Waals surface area contributed by atoms with Crippen LogP contribution in [0.4, 0.5) is 0 Å². The summed E-state index contributed by atoms with van der Waals surface area (Å²) in [7, 11) is 3.59. The number of para-hydroxylation sites is 1. The van der Waals surface area contributed by atoms with E-state index in [2.05, 4.69) is 17.0 Å². The van der Waals surface area contributed by atoms with E-state index in [0.29, 0.717) is 38.5 Å². The Bertz CT molecular complexity index is 897. The van der Waals surface area contributed by atoms with E-state index >= 15 is 0 Å². The van der Waals surface area contributed by atoms with Crippen LogP contribution in [0.2, 0.25) is 0 Å². The number of ether oxygens (including phenoxy) is 2. The van der Waals surface area contributed by atoms with Gasteiger partial charge in [-0.25, -0.2) is 4.68 Å². The van der Waals surface area contributed by atoms with Gasteiger partial charge in [0.2, 0.25) is 5.88 Å². The van der Waals surface area contributed by atoms with E-state index in [1.54, 1.807) is 11.8 Å². The fourth-order valence-corrected chi connectivity index (χ4v) is 3.36. The molecule has 0 radical (unpaired) electrons. The predicted molar refractivity (Wildman–Crippen MR) is 119 cm³/mol. The zero-order valence-electron chi connectivity index (χ0n) is 18.0. The zero-order chi connectivity index (χ0) is 21.3. The number of methoxy groups -OCH3 is 1. The lowest BCUT2D eigenvalue weighted by Crippen LogP contribution is -2.34. The van der Waals surface area contributed by atoms with Crippen LogP contribution in [0, 0.1) is 0 Å². The SMILES string of the molecule is CCC(O)CN(CCOC)Cc1c(-c2ccccc2)nn(C)c1Oc1ccccc1. The van der Waals surface area contributed by atoms with Gasteiger partial charge >= 0.3 is 0 Å². The Labute approximate surface area is 178 Å². The molecule has 1 heterocycles. The van der Waals surface area contributed by atoms with Gasteiger partial charge < -0.3 is 14.6 Å². The van der Waals surface area contributed by atoms with E-state index in [4.69, 9.17) is 14.6 Å². The second-order valence-corrected chi connectivity index (χ2v) is 7.33. The van der Waals surface area contributed by atoms with Crippen molar-refractivity contribution in [1.29, 1.82) is 0 Å². The van der Waals surface area contributed by atoms with Gasteiger partial charge in [0.1, 0.15) is 11.4 Å². The van der Waals surface area contributed by atoms with Gasteiger partial charge in [0, 0.05) is 39.4 Å². The number of hydrogen-bond donors (Lipinski definition) is 1. The maximum Gasteiger partial charge on any atom is 0.222 e. The third-order valence-electron chi connectivity index (χ3n) is 5.03. The lowest BCUT2D eigenvalue weighted by Gasteiger charge is -2.25. The van der Waals surface area contributed by atoms with E-state index in [1.807, 2.05) is 62.5 Å². The van der Waals surface area contributed by atoms with E-state index in [-0.39, 0.29) is 0 Å². The molecule has 6 heteroatoms. The van der Waals surface area contributed by atoms with Crippen molar-refractivity contribution in [2.75, 3.05) is 26.8 Å². The number of aliphatic hydroxyl groups excluding tert-OH is 1. The number of aliphatic hydroxyl groups is 1. The molecule has 0 bridgehead atoms. The molecule has 1 atom stereocenters. The van der Waals surface area contributed by atoms with Crippen LogP contribution in [0.15, 0.2) is 60.7 Å². The first-order valence-corrected chi connectivity index (χ1v) is 10.4. The minimum Gasteiger partial charge on any atom is -0.439 e. The van der Waals surface area contributed by atoms with Gasteiger partial charge in [0.05, 0.1) is 18.3 Å². The Morgan fingerprint density at radius 2 is 1.73 bits per heavy atom. The zero-order valence-corrected chi connectivity index (χ0v) is 18.0. The molecule has 1 N–H and O–H groups in total. The smallest absolute Gasteiger partial charge is 0.222 e. The maximum absolute atomic E-state index is 10.3. The molecule has 6 nitrogen and oxygen atoms in total. The highest BCUT2D eigenvalue weighted by Gasteiger charge is 2.23. The highest BCUT2D eigenvalue weighted by atomic mass is 16.5. The molecule has 3 rings (SSSR count). The molecule has 2 aromatic carbocycles. The summed E-state index contributed by atoms with van der Waals surface area (Å²) < 4.78 is 13.3. The Hall–Kier alpha value is -2.67. The topological polar surface area (TPSA) is 59.8 Å². The third kappa shape index (κ3) is 5.69. The molecule has 0 aliphatic rings. The highest BCUT2D eigenvalue weighted by Crippen LogP contribution is 2.34. The molecule has 0 aliphatic carbocycles. The van der Waals surface area contributed by atoms with Crippen LogP contribution >= 0.6 is 0 Å². The minimum absolute atomic E-state index is 0.391. The lowest BCUT2D eigenvalue weighted by atomic mass is 10.1. The van der Waals surface area contributed by atoms with Gasteiger partial charge in [-0.05, 0) is 18.6 Å². The van der Waals surface area contributed by atoms with Gasteiger partial charge in [0.25, 0.3) is 0 Å². The highest BCUT2D eigenvalue weighted by molar-refractivity contribution is 5.65. The van der Waals surface area contributed by atoms with Crippen molar-refractivity contribution in [3.63, 3.8) is 0 Å². The van der Waals surface area contributed by atoms with Crippen LogP contribution in [0.1, 0.15) is 18.9 Å². The number of aryl methyl sites for hydroxylation is 1. The number of benzene rings is 2. The van der Waals surface area contributed by atoms with Crippen LogP contribution in [-0.2, 0) is 18.3 Å². The van der Waals surface area contributed by atoms with Crippen LogP contribution in [0.5, 0.6) is 11.6 Å².